The number of rotatable bonds is 14. The Kier molecular flexibility index (Phi) is 10.6. The number of allylic oxidation sites excluding steroid dienone is 1. The Balaban J connectivity index is 0.921. The van der Waals surface area contributed by atoms with Crippen LogP contribution in [0.2, 0.25) is 0 Å². The quantitative estimate of drug-likeness (QED) is 0.0433. The summed E-state index contributed by atoms with van der Waals surface area (Å²) < 4.78 is 33.9. The van der Waals surface area contributed by atoms with Crippen LogP contribution in [-0.2, 0) is 16.3 Å². The number of Topliss-reactive ketones (excluding diaryl/α,β-unsaturated/α-hetero) is 1. The number of hydrogen-bond acceptors (Lipinski definition) is 9. The molecule has 3 heterocycles. The molecule has 5 fully saturated rings. The van der Waals surface area contributed by atoms with Crippen molar-refractivity contribution in [1.82, 2.24) is 14.9 Å². The first-order chi connectivity index (χ1) is 28.0. The number of hydrogen-bond donors (Lipinski definition) is 1. The molecule has 0 spiro atoms. The van der Waals surface area contributed by atoms with E-state index >= 15 is 0 Å². The standard InChI is InChI=1S/C45H52ClN5O6S/c46-45-28-44(29-45,30-45)39-9-5-4-8-34(39)26-49-18-20-50(21-19-49)35-13-15-38(42(23-35)57-36-22-33-16-17-47-43(33)48-25-36)41(52)27-58(55,56)37-14-12-32(40(24-37)51(53)54)11-10-31-6-2-1-3-7-31/h12-17,22-25,31H,1-11,18-21,26-30H2,(H,47,48). The number of alkyl halides is 1. The molecular formula is C45H52ClN5O6S. The summed E-state index contributed by atoms with van der Waals surface area (Å²) in [6.07, 6.45) is 18.9. The van der Waals surface area contributed by atoms with E-state index in [1.807, 2.05) is 24.3 Å². The average Bonchev–Trinajstić information content (AvgIpc) is 3.67. The molecule has 4 saturated carbocycles. The number of aromatic amines is 1. The number of H-pyrrole nitrogens is 1. The Morgan fingerprint density at radius 3 is 2.50 bits per heavy atom. The van der Waals surface area contributed by atoms with E-state index in [4.69, 9.17) is 16.3 Å². The molecule has 6 aliphatic rings. The minimum atomic E-state index is -4.24. The summed E-state index contributed by atoms with van der Waals surface area (Å²) in [6, 6.07) is 13.1. The highest BCUT2D eigenvalue weighted by Crippen LogP contribution is 2.75. The number of sulfone groups is 1. The Bertz CT molecular complexity index is 2360. The lowest BCUT2D eigenvalue weighted by atomic mass is 9.40. The number of aryl methyl sites for hydroxylation is 1. The van der Waals surface area contributed by atoms with E-state index < -0.39 is 26.3 Å². The monoisotopic (exact) mass is 825 g/mol. The zero-order chi connectivity index (χ0) is 40.1. The number of halogens is 1. The van der Waals surface area contributed by atoms with Crippen molar-refractivity contribution in [2.24, 2.45) is 11.3 Å². The van der Waals surface area contributed by atoms with Gasteiger partial charge in [0, 0.05) is 72.6 Å². The van der Waals surface area contributed by atoms with E-state index in [0.29, 0.717) is 34.7 Å². The smallest absolute Gasteiger partial charge is 0.273 e. The third-order valence-electron chi connectivity index (χ3n) is 13.7. The number of pyridine rings is 1. The maximum absolute atomic E-state index is 14.0. The second kappa shape index (κ2) is 15.7. The summed E-state index contributed by atoms with van der Waals surface area (Å²) >= 11 is 6.68. The average molecular weight is 826 g/mol. The molecule has 1 N–H and O–H groups in total. The van der Waals surface area contributed by atoms with Crippen LogP contribution in [0.5, 0.6) is 11.5 Å². The number of benzene rings is 2. The van der Waals surface area contributed by atoms with Gasteiger partial charge in [0.15, 0.2) is 15.6 Å². The minimum absolute atomic E-state index is 0.0757. The fraction of sp³-hybridized carbons (Fsp3) is 0.511. The van der Waals surface area contributed by atoms with Gasteiger partial charge in [0.2, 0.25) is 0 Å². The maximum Gasteiger partial charge on any atom is 0.273 e. The van der Waals surface area contributed by atoms with E-state index in [9.17, 15) is 23.3 Å². The number of nitro benzene ring substituents is 1. The summed E-state index contributed by atoms with van der Waals surface area (Å²) in [6.45, 7) is 4.41. The molecule has 10 rings (SSSR count). The van der Waals surface area contributed by atoms with Gasteiger partial charge in [-0.3, -0.25) is 19.8 Å². The van der Waals surface area contributed by atoms with Crippen LogP contribution in [-0.4, -0.2) is 77.3 Å². The molecule has 4 aromatic rings. The van der Waals surface area contributed by atoms with Gasteiger partial charge in [-0.15, -0.1) is 11.6 Å². The molecule has 58 heavy (non-hydrogen) atoms. The normalized spacial score (nSPS) is 24.1. The van der Waals surface area contributed by atoms with E-state index in [-0.39, 0.29) is 26.8 Å². The molecule has 0 unspecified atom stereocenters. The summed E-state index contributed by atoms with van der Waals surface area (Å²) in [7, 11) is -4.24. The lowest BCUT2D eigenvalue weighted by Gasteiger charge is -2.69. The van der Waals surface area contributed by atoms with Gasteiger partial charge >= 0.3 is 0 Å². The number of ketones is 1. The van der Waals surface area contributed by atoms with Crippen LogP contribution < -0.4 is 9.64 Å². The Hall–Kier alpha value is -4.26. The number of piperazine rings is 1. The van der Waals surface area contributed by atoms with Gasteiger partial charge in [-0.1, -0.05) is 49.3 Å². The number of aromatic nitrogens is 2. The first kappa shape index (κ1) is 39.2. The van der Waals surface area contributed by atoms with Crippen molar-refractivity contribution < 1.29 is 22.9 Å². The van der Waals surface area contributed by atoms with Crippen LogP contribution in [0.25, 0.3) is 11.0 Å². The third kappa shape index (κ3) is 7.91. The highest BCUT2D eigenvalue weighted by Gasteiger charge is 2.68. The van der Waals surface area contributed by atoms with Crippen molar-refractivity contribution in [3.8, 4) is 11.5 Å². The number of fused-ring (bicyclic) bond motifs is 1. The van der Waals surface area contributed by atoms with Gasteiger partial charge in [-0.05, 0) is 99.5 Å². The topological polar surface area (TPSA) is 139 Å². The minimum Gasteiger partial charge on any atom is -0.455 e. The number of nitrogens with one attached hydrogen (secondary N) is 1. The van der Waals surface area contributed by atoms with Gasteiger partial charge < -0.3 is 14.6 Å². The molecule has 0 amide bonds. The van der Waals surface area contributed by atoms with E-state index in [2.05, 4.69) is 19.8 Å². The maximum atomic E-state index is 14.0. The number of nitro groups is 1. The fourth-order valence-electron chi connectivity index (χ4n) is 10.6. The van der Waals surface area contributed by atoms with Crippen molar-refractivity contribution in [1.29, 1.82) is 0 Å². The molecule has 2 aromatic heterocycles. The van der Waals surface area contributed by atoms with Crippen LogP contribution in [0, 0.1) is 21.4 Å². The van der Waals surface area contributed by atoms with Gasteiger partial charge in [0.25, 0.3) is 5.69 Å². The summed E-state index contributed by atoms with van der Waals surface area (Å²) in [5.41, 5.74) is 5.71. The summed E-state index contributed by atoms with van der Waals surface area (Å²) in [4.78, 5) is 37.8. The van der Waals surface area contributed by atoms with Gasteiger partial charge in [0.1, 0.15) is 22.9 Å². The second-order valence-corrected chi connectivity index (χ2v) is 20.4. The lowest BCUT2D eigenvalue weighted by molar-refractivity contribution is -0.385. The Morgan fingerprint density at radius 2 is 1.74 bits per heavy atom. The van der Waals surface area contributed by atoms with E-state index in [0.717, 1.165) is 88.4 Å². The van der Waals surface area contributed by atoms with Crippen molar-refractivity contribution in [3.05, 3.63) is 93.3 Å². The molecule has 1 aliphatic heterocycles. The van der Waals surface area contributed by atoms with Gasteiger partial charge in [-0.25, -0.2) is 13.4 Å². The van der Waals surface area contributed by atoms with Crippen molar-refractivity contribution >= 4 is 49.6 Å². The fourth-order valence-corrected chi connectivity index (χ4v) is 12.6. The van der Waals surface area contributed by atoms with E-state index in [1.54, 1.807) is 35.7 Å². The second-order valence-electron chi connectivity index (χ2n) is 17.7. The number of ether oxygens (including phenoxy) is 1. The highest BCUT2D eigenvalue weighted by molar-refractivity contribution is 7.92. The lowest BCUT2D eigenvalue weighted by Crippen LogP contribution is -2.64. The van der Waals surface area contributed by atoms with Crippen LogP contribution >= 0.6 is 11.6 Å². The van der Waals surface area contributed by atoms with Crippen LogP contribution in [0.3, 0.4) is 0 Å². The zero-order valence-corrected chi connectivity index (χ0v) is 34.6. The molecule has 2 aromatic carbocycles. The molecule has 306 valence electrons. The summed E-state index contributed by atoms with van der Waals surface area (Å²) in [5, 5.41) is 13.0. The molecule has 5 aliphatic carbocycles. The molecule has 11 nitrogen and oxygen atoms in total. The van der Waals surface area contributed by atoms with Crippen LogP contribution in [0.15, 0.2) is 77.0 Å². The first-order valence-corrected chi connectivity index (χ1v) is 23.1. The molecule has 2 bridgehead atoms. The van der Waals surface area contributed by atoms with Crippen LogP contribution in [0.1, 0.15) is 99.4 Å². The Morgan fingerprint density at radius 1 is 0.966 bits per heavy atom. The first-order valence-electron chi connectivity index (χ1n) is 21.1. The molecule has 0 radical (unpaired) electrons. The number of carbonyl (C=O) groups excluding carboxylic acids is 1. The van der Waals surface area contributed by atoms with Gasteiger partial charge in [-0.2, -0.15) is 0 Å². The third-order valence-corrected chi connectivity index (χ3v) is 15.7. The molecule has 0 atom stereocenters. The molecular weight excluding hydrogens is 774 g/mol. The molecule has 13 heteroatoms. The number of carbonyl (C=O) groups is 1. The highest BCUT2D eigenvalue weighted by atomic mass is 35.5. The predicted octanol–water partition coefficient (Wildman–Crippen LogP) is 9.59. The van der Waals surface area contributed by atoms with Crippen LogP contribution in [0.4, 0.5) is 11.4 Å². The Labute approximate surface area is 345 Å². The molecule has 1 saturated heterocycles. The largest absolute Gasteiger partial charge is 0.455 e. The SMILES string of the molecule is O=C(CS(=O)(=O)c1ccc(CCC2CCCCC2)c([N+](=O)[O-])c1)c1ccc(N2CCN(CC3=C(C45CC(Cl)(C4)C5)CCCC3)CC2)cc1Oc1cnc2[nH]ccc2c1. The zero-order valence-electron chi connectivity index (χ0n) is 33.0. The van der Waals surface area contributed by atoms with Crippen molar-refractivity contribution in [3.63, 3.8) is 0 Å². The van der Waals surface area contributed by atoms with Gasteiger partial charge in [0.05, 0.1) is 21.6 Å². The van der Waals surface area contributed by atoms with Crippen molar-refractivity contribution in [2.75, 3.05) is 43.4 Å². The number of nitrogens with zero attached hydrogens (tertiary/aromatic N) is 4. The number of anilines is 1. The van der Waals surface area contributed by atoms with Crippen molar-refractivity contribution in [2.45, 2.75) is 99.7 Å². The summed E-state index contributed by atoms with van der Waals surface area (Å²) in [5.74, 6) is -0.354. The predicted molar refractivity (Wildman–Crippen MR) is 226 cm³/mol. The van der Waals surface area contributed by atoms with E-state index in [1.165, 1.54) is 51.0 Å².